The van der Waals surface area contributed by atoms with Crippen molar-refractivity contribution >= 4 is 27.3 Å². The number of halogens is 1. The molecule has 0 bridgehead atoms. The lowest BCUT2D eigenvalue weighted by Gasteiger charge is -2.17. The number of hydrogen-bond donors (Lipinski definition) is 2. The van der Waals surface area contributed by atoms with E-state index in [2.05, 4.69) is 64.8 Å². The van der Waals surface area contributed by atoms with Gasteiger partial charge in [-0.1, -0.05) is 33.6 Å². The van der Waals surface area contributed by atoms with Gasteiger partial charge in [-0.15, -0.1) is 11.3 Å². The van der Waals surface area contributed by atoms with Crippen LogP contribution in [0.3, 0.4) is 0 Å². The minimum Gasteiger partial charge on any atom is -0.271 e. The van der Waals surface area contributed by atoms with Gasteiger partial charge in [0.2, 0.25) is 0 Å². The van der Waals surface area contributed by atoms with E-state index in [-0.39, 0.29) is 6.04 Å². The highest BCUT2D eigenvalue weighted by molar-refractivity contribution is 9.10. The molecule has 3 N–H and O–H groups in total. The van der Waals surface area contributed by atoms with E-state index in [1.165, 1.54) is 21.6 Å². The van der Waals surface area contributed by atoms with Gasteiger partial charge in [0.25, 0.3) is 0 Å². The van der Waals surface area contributed by atoms with Gasteiger partial charge < -0.3 is 0 Å². The third-order valence-corrected chi connectivity index (χ3v) is 4.32. The molecular weight excluding hydrogens is 296 g/mol. The van der Waals surface area contributed by atoms with Gasteiger partial charge in [0.1, 0.15) is 0 Å². The average Bonchev–Trinajstić information content (AvgIpc) is 2.71. The summed E-state index contributed by atoms with van der Waals surface area (Å²) in [4.78, 5) is 1.30. The molecule has 90 valence electrons. The molecule has 0 saturated heterocycles. The summed E-state index contributed by atoms with van der Waals surface area (Å²) in [6.45, 7) is 4.19. The molecule has 0 fully saturated rings. The summed E-state index contributed by atoms with van der Waals surface area (Å²) in [6, 6.07) is 8.51. The first-order valence-corrected chi connectivity index (χ1v) is 7.06. The van der Waals surface area contributed by atoms with E-state index < -0.39 is 0 Å². The van der Waals surface area contributed by atoms with Crippen LogP contribution in [0.25, 0.3) is 0 Å². The molecule has 1 unspecified atom stereocenters. The maximum Gasteiger partial charge on any atom is 0.0729 e. The number of nitrogens with one attached hydrogen (secondary N) is 1. The van der Waals surface area contributed by atoms with E-state index in [1.807, 2.05) is 0 Å². The molecule has 0 amide bonds. The van der Waals surface area contributed by atoms with Crippen molar-refractivity contribution in [2.45, 2.75) is 19.9 Å². The molecule has 0 aliphatic rings. The van der Waals surface area contributed by atoms with E-state index in [1.54, 1.807) is 11.3 Å². The number of hydrogen-bond acceptors (Lipinski definition) is 3. The molecule has 0 spiro atoms. The Labute approximate surface area is 114 Å². The van der Waals surface area contributed by atoms with E-state index in [0.29, 0.717) is 0 Å². The van der Waals surface area contributed by atoms with Gasteiger partial charge >= 0.3 is 0 Å². The van der Waals surface area contributed by atoms with Gasteiger partial charge in [-0.2, -0.15) is 0 Å². The van der Waals surface area contributed by atoms with Crippen molar-refractivity contribution in [3.63, 3.8) is 0 Å². The van der Waals surface area contributed by atoms with Crippen LogP contribution < -0.4 is 11.3 Å². The van der Waals surface area contributed by atoms with E-state index in [0.717, 1.165) is 4.47 Å². The zero-order chi connectivity index (χ0) is 12.4. The third-order valence-electron chi connectivity index (χ3n) is 2.71. The topological polar surface area (TPSA) is 38.0 Å². The number of nitrogens with two attached hydrogens (primary N) is 1. The number of benzene rings is 1. The summed E-state index contributed by atoms with van der Waals surface area (Å²) < 4.78 is 1.08. The molecule has 2 aromatic rings. The highest BCUT2D eigenvalue weighted by Crippen LogP contribution is 2.31. The third kappa shape index (κ3) is 2.77. The fourth-order valence-electron chi connectivity index (χ4n) is 1.87. The van der Waals surface area contributed by atoms with Crippen molar-refractivity contribution in [1.29, 1.82) is 0 Å². The van der Waals surface area contributed by atoms with E-state index >= 15 is 0 Å². The van der Waals surface area contributed by atoms with Gasteiger partial charge in [-0.3, -0.25) is 5.84 Å². The summed E-state index contributed by atoms with van der Waals surface area (Å²) in [5.74, 6) is 5.70. The van der Waals surface area contributed by atoms with Gasteiger partial charge in [0, 0.05) is 9.35 Å². The van der Waals surface area contributed by atoms with Gasteiger partial charge in [0.05, 0.1) is 6.04 Å². The van der Waals surface area contributed by atoms with Crippen LogP contribution in [0.4, 0.5) is 0 Å². The first kappa shape index (κ1) is 12.8. The average molecular weight is 311 g/mol. The second-order valence-electron chi connectivity index (χ2n) is 4.12. The van der Waals surface area contributed by atoms with Crippen molar-refractivity contribution < 1.29 is 0 Å². The highest BCUT2D eigenvalue weighted by atomic mass is 79.9. The van der Waals surface area contributed by atoms with E-state index in [4.69, 9.17) is 5.84 Å². The molecule has 17 heavy (non-hydrogen) atoms. The molecule has 0 saturated carbocycles. The second kappa shape index (κ2) is 5.31. The van der Waals surface area contributed by atoms with Crippen LogP contribution in [-0.2, 0) is 0 Å². The van der Waals surface area contributed by atoms with Crippen molar-refractivity contribution in [2.24, 2.45) is 5.84 Å². The first-order valence-electron chi connectivity index (χ1n) is 5.39. The largest absolute Gasteiger partial charge is 0.271 e. The normalized spacial score (nSPS) is 12.7. The highest BCUT2D eigenvalue weighted by Gasteiger charge is 2.16. The Hall–Kier alpha value is -0.680. The van der Waals surface area contributed by atoms with Crippen LogP contribution in [0.15, 0.2) is 34.1 Å². The molecule has 0 radical (unpaired) electrons. The zero-order valence-corrected chi connectivity index (χ0v) is 12.2. The number of thiophene rings is 1. The minimum atomic E-state index is 0.0363. The molecule has 1 aromatic heterocycles. The lowest BCUT2D eigenvalue weighted by molar-refractivity contribution is 0.636. The molecule has 1 aromatic carbocycles. The van der Waals surface area contributed by atoms with Crippen LogP contribution in [0.5, 0.6) is 0 Å². The zero-order valence-electron chi connectivity index (χ0n) is 9.83. The lowest BCUT2D eigenvalue weighted by Crippen LogP contribution is -2.28. The molecule has 0 aliphatic heterocycles. The molecule has 2 rings (SSSR count). The lowest BCUT2D eigenvalue weighted by atomic mass is 10.00. The molecule has 4 heteroatoms. The summed E-state index contributed by atoms with van der Waals surface area (Å²) in [5, 5.41) is 2.15. The van der Waals surface area contributed by atoms with Crippen molar-refractivity contribution in [3.05, 3.63) is 55.7 Å². The maximum atomic E-state index is 5.70. The Morgan fingerprint density at radius 1 is 1.29 bits per heavy atom. The summed E-state index contributed by atoms with van der Waals surface area (Å²) in [5.41, 5.74) is 6.51. The van der Waals surface area contributed by atoms with Gasteiger partial charge in [-0.05, 0) is 42.5 Å². The Morgan fingerprint density at radius 3 is 2.65 bits per heavy atom. The number of aryl methyl sites for hydroxylation is 2. The fraction of sp³-hybridized carbons (Fsp3) is 0.231. The Bertz CT molecular complexity index is 522. The second-order valence-corrected chi connectivity index (χ2v) is 6.09. The minimum absolute atomic E-state index is 0.0363. The first-order chi connectivity index (χ1) is 8.11. The fourth-order valence-corrected chi connectivity index (χ4v) is 3.07. The smallest absolute Gasteiger partial charge is 0.0729 e. The predicted molar refractivity (Wildman–Crippen MR) is 77.1 cm³/mol. The quantitative estimate of drug-likeness (QED) is 0.670. The van der Waals surface area contributed by atoms with Crippen LogP contribution in [0.1, 0.15) is 27.6 Å². The van der Waals surface area contributed by atoms with Crippen LogP contribution in [0, 0.1) is 13.8 Å². The van der Waals surface area contributed by atoms with Gasteiger partial charge in [-0.25, -0.2) is 5.43 Å². The standard InChI is InChI=1S/C13H15BrN2S/c1-8-3-4-12(14)11(5-8)13(16-15)10-6-9(2)17-7-10/h3-7,13,16H,15H2,1-2H3. The number of hydrazine groups is 1. The number of rotatable bonds is 3. The molecule has 1 heterocycles. The Morgan fingerprint density at radius 2 is 2.06 bits per heavy atom. The monoisotopic (exact) mass is 310 g/mol. The van der Waals surface area contributed by atoms with E-state index in [9.17, 15) is 0 Å². The Balaban J connectivity index is 2.45. The SMILES string of the molecule is Cc1ccc(Br)c(C(NN)c2csc(C)c2)c1. The van der Waals surface area contributed by atoms with Crippen molar-refractivity contribution in [2.75, 3.05) is 0 Å². The van der Waals surface area contributed by atoms with Crippen LogP contribution >= 0.6 is 27.3 Å². The van der Waals surface area contributed by atoms with Crippen LogP contribution in [-0.4, -0.2) is 0 Å². The molecule has 0 aliphatic carbocycles. The van der Waals surface area contributed by atoms with Crippen molar-refractivity contribution in [3.8, 4) is 0 Å². The Kier molecular flexibility index (Phi) is 3.99. The predicted octanol–water partition coefficient (Wildman–Crippen LogP) is 3.68. The van der Waals surface area contributed by atoms with Crippen molar-refractivity contribution in [1.82, 2.24) is 5.43 Å². The summed E-state index contributed by atoms with van der Waals surface area (Å²) in [7, 11) is 0. The van der Waals surface area contributed by atoms with Gasteiger partial charge in [0.15, 0.2) is 0 Å². The summed E-state index contributed by atoms with van der Waals surface area (Å²) >= 11 is 5.33. The maximum absolute atomic E-state index is 5.70. The summed E-state index contributed by atoms with van der Waals surface area (Å²) in [6.07, 6.45) is 0. The van der Waals surface area contributed by atoms with Crippen LogP contribution in [0.2, 0.25) is 0 Å². The molecule has 1 atom stereocenters. The molecular formula is C13H15BrN2S. The molecule has 2 nitrogen and oxygen atoms in total.